The molecule has 3 N–H and O–H groups in total. The number of nitrogens with one attached hydrogen (secondary N) is 3. The molecule has 1 aliphatic heterocycles. The minimum Gasteiger partial charge on any atom is -0.359 e. The summed E-state index contributed by atoms with van der Waals surface area (Å²) in [5.74, 6) is -5.37. The molecule has 0 spiro atoms. The molecule has 2 fully saturated rings. The molecule has 0 aromatic heterocycles. The Hall–Kier alpha value is -2.57. The molecule has 2 unspecified atom stereocenters. The fraction of sp³-hybridized carbons (Fsp3) is 0.773. The van der Waals surface area contributed by atoms with E-state index in [0.717, 1.165) is 0 Å². The number of likely N-dealkylation sites (tertiary alicyclic amines) is 1. The molecule has 5 atom stereocenters. The van der Waals surface area contributed by atoms with Crippen LogP contribution in [0.4, 0.5) is 13.2 Å². The van der Waals surface area contributed by atoms with Crippen LogP contribution in [0.3, 0.4) is 0 Å². The van der Waals surface area contributed by atoms with Crippen LogP contribution in [0, 0.1) is 22.7 Å². The van der Waals surface area contributed by atoms with Crippen molar-refractivity contribution in [1.29, 1.82) is 0 Å². The summed E-state index contributed by atoms with van der Waals surface area (Å²) in [7, 11) is 1.36. The van der Waals surface area contributed by atoms with Crippen LogP contribution in [0.15, 0.2) is 0 Å². The van der Waals surface area contributed by atoms with Crippen molar-refractivity contribution in [3.8, 4) is 0 Å². The largest absolute Gasteiger partial charge is 0.359 e. The van der Waals surface area contributed by atoms with Gasteiger partial charge in [0.15, 0.2) is 0 Å². The number of carbonyl (C=O) groups excluding carboxylic acids is 5. The Bertz CT molecular complexity index is 911. The zero-order chi connectivity index (χ0) is 27.7. The molecule has 1 heterocycles. The van der Waals surface area contributed by atoms with Crippen LogP contribution >= 0.6 is 11.6 Å². The molecular formula is C22H33ClF3N5O5. The van der Waals surface area contributed by atoms with Crippen LogP contribution in [0.5, 0.6) is 0 Å². The summed E-state index contributed by atoms with van der Waals surface area (Å²) in [4.78, 5) is 63.6. The van der Waals surface area contributed by atoms with Gasteiger partial charge in [0.1, 0.15) is 12.1 Å². The van der Waals surface area contributed by atoms with E-state index in [1.54, 1.807) is 20.8 Å². The number of nitrogens with zero attached hydrogens (tertiary/aromatic N) is 2. The lowest BCUT2D eigenvalue weighted by Gasteiger charge is -2.38. The third-order valence-corrected chi connectivity index (χ3v) is 7.08. The first-order valence-electron chi connectivity index (χ1n) is 11.4. The fourth-order valence-corrected chi connectivity index (χ4v) is 4.83. The molecule has 0 aromatic rings. The first-order valence-corrected chi connectivity index (χ1v) is 11.9. The smallest absolute Gasteiger partial charge is 0.315 e. The molecule has 1 saturated heterocycles. The van der Waals surface area contributed by atoms with Gasteiger partial charge in [-0.15, -0.1) is 0 Å². The lowest BCUT2D eigenvalue weighted by atomic mass is 9.85. The highest BCUT2D eigenvalue weighted by molar-refractivity contribution is 6.29. The summed E-state index contributed by atoms with van der Waals surface area (Å²) in [5, 5.41) is 4.99. The number of hydrogen-bond donors (Lipinski definition) is 3. The molecule has 0 bridgehead atoms. The maximum atomic E-state index is 13.6. The van der Waals surface area contributed by atoms with Crippen LogP contribution in [-0.4, -0.2) is 83.7 Å². The zero-order valence-corrected chi connectivity index (χ0v) is 21.8. The number of piperidine rings is 1. The third-order valence-electron chi connectivity index (χ3n) is 6.90. The molecule has 1 aliphatic carbocycles. The highest BCUT2D eigenvalue weighted by Crippen LogP contribution is 2.65. The van der Waals surface area contributed by atoms with Crippen molar-refractivity contribution in [3.63, 3.8) is 0 Å². The van der Waals surface area contributed by atoms with Gasteiger partial charge in [0.25, 0.3) is 23.4 Å². The molecule has 5 amide bonds. The number of hydrazine groups is 1. The van der Waals surface area contributed by atoms with E-state index in [1.165, 1.54) is 11.9 Å². The van der Waals surface area contributed by atoms with Gasteiger partial charge in [-0.25, -0.2) is 9.40 Å². The van der Waals surface area contributed by atoms with E-state index in [2.05, 4.69) is 16.1 Å². The zero-order valence-electron chi connectivity index (χ0n) is 21.0. The van der Waals surface area contributed by atoms with Crippen LogP contribution < -0.4 is 16.1 Å². The standard InChI is InChI=1S/C22H33ClF3N5O5/c1-21(2,3)14(28-18(34)16(25)26)19(35)30-9-10-12(22(10,4)5)13(30)17(33)29-31(20(36)15(23)24)8-7-11(32)27-6/h10,12-16H,7-9H2,1-6H3,(H,27,32)(H,28,34)(H,29,33)/t10-,12-,13-,14?,15?/m0/s1. The van der Waals surface area contributed by atoms with Crippen molar-refractivity contribution < 1.29 is 37.1 Å². The van der Waals surface area contributed by atoms with Gasteiger partial charge in [-0.2, -0.15) is 8.78 Å². The molecule has 0 radical (unpaired) electrons. The van der Waals surface area contributed by atoms with Gasteiger partial charge in [0.2, 0.25) is 11.8 Å². The van der Waals surface area contributed by atoms with Gasteiger partial charge in [-0.3, -0.25) is 29.4 Å². The fourth-order valence-electron chi connectivity index (χ4n) is 4.71. The lowest BCUT2D eigenvalue weighted by Crippen LogP contribution is -2.61. The number of fused-ring (bicyclic) bond motifs is 1. The van der Waals surface area contributed by atoms with Crippen molar-refractivity contribution in [3.05, 3.63) is 0 Å². The highest BCUT2D eigenvalue weighted by atomic mass is 35.5. The summed E-state index contributed by atoms with van der Waals surface area (Å²) in [6, 6.07) is -2.49. The Balaban J connectivity index is 2.32. The van der Waals surface area contributed by atoms with Crippen molar-refractivity contribution in [2.75, 3.05) is 20.1 Å². The van der Waals surface area contributed by atoms with Crippen molar-refractivity contribution >= 4 is 41.1 Å². The first-order chi connectivity index (χ1) is 16.4. The van der Waals surface area contributed by atoms with Gasteiger partial charge < -0.3 is 15.5 Å². The Morgan fingerprint density at radius 3 is 2.19 bits per heavy atom. The lowest BCUT2D eigenvalue weighted by molar-refractivity contribution is -0.151. The Morgan fingerprint density at radius 1 is 1.14 bits per heavy atom. The maximum absolute atomic E-state index is 13.6. The van der Waals surface area contributed by atoms with Gasteiger partial charge in [0, 0.05) is 20.0 Å². The summed E-state index contributed by atoms with van der Waals surface area (Å²) < 4.78 is 39.4. The Kier molecular flexibility index (Phi) is 8.91. The molecule has 2 aliphatic rings. The number of hydrogen-bond acceptors (Lipinski definition) is 5. The average Bonchev–Trinajstić information content (AvgIpc) is 3.11. The van der Waals surface area contributed by atoms with Crippen LogP contribution in [0.25, 0.3) is 0 Å². The number of halogens is 4. The van der Waals surface area contributed by atoms with E-state index in [-0.39, 0.29) is 36.8 Å². The summed E-state index contributed by atoms with van der Waals surface area (Å²) >= 11 is 5.27. The van der Waals surface area contributed by atoms with Crippen molar-refractivity contribution in [1.82, 2.24) is 26.0 Å². The van der Waals surface area contributed by atoms with Crippen LogP contribution in [-0.2, 0) is 24.0 Å². The SMILES string of the molecule is CNC(=O)CCN(NC(=O)[C@@H]1[C@@H]2[C@H](CN1C(=O)C(NC(=O)C(F)F)C(C)(C)C)C2(C)C)C(=O)C(F)Cl. The van der Waals surface area contributed by atoms with Gasteiger partial charge >= 0.3 is 6.43 Å². The molecule has 2 rings (SSSR count). The van der Waals surface area contributed by atoms with E-state index in [9.17, 15) is 37.1 Å². The maximum Gasteiger partial charge on any atom is 0.315 e. The molecule has 204 valence electrons. The van der Waals surface area contributed by atoms with Crippen molar-refractivity contribution in [2.45, 2.75) is 65.2 Å². The summed E-state index contributed by atoms with van der Waals surface area (Å²) in [5.41, 5.74) is -1.53. The Morgan fingerprint density at radius 2 is 1.72 bits per heavy atom. The predicted octanol–water partition coefficient (Wildman–Crippen LogP) is 0.796. The second-order valence-electron chi connectivity index (χ2n) is 10.7. The van der Waals surface area contributed by atoms with Crippen LogP contribution in [0.1, 0.15) is 41.0 Å². The minimum absolute atomic E-state index is 0.0967. The second-order valence-corrected chi connectivity index (χ2v) is 11.1. The molecule has 14 heteroatoms. The van der Waals surface area contributed by atoms with Gasteiger partial charge in [-0.05, 0) is 22.7 Å². The number of amides is 5. The van der Waals surface area contributed by atoms with E-state index in [1.807, 2.05) is 13.8 Å². The minimum atomic E-state index is -3.34. The van der Waals surface area contributed by atoms with Crippen molar-refractivity contribution in [2.24, 2.45) is 22.7 Å². The van der Waals surface area contributed by atoms with E-state index in [0.29, 0.717) is 5.01 Å². The predicted molar refractivity (Wildman–Crippen MR) is 123 cm³/mol. The van der Waals surface area contributed by atoms with E-state index >= 15 is 0 Å². The molecule has 36 heavy (non-hydrogen) atoms. The third kappa shape index (κ3) is 6.22. The average molecular weight is 540 g/mol. The Labute approximate surface area is 212 Å². The highest BCUT2D eigenvalue weighted by Gasteiger charge is 2.70. The summed E-state index contributed by atoms with van der Waals surface area (Å²) in [6.07, 6.45) is -3.60. The van der Waals surface area contributed by atoms with Gasteiger partial charge in [-0.1, -0.05) is 46.2 Å². The number of alkyl halides is 4. The monoisotopic (exact) mass is 539 g/mol. The number of rotatable bonds is 8. The molecule has 0 aromatic carbocycles. The number of carbonyl (C=O) groups is 5. The molecule has 10 nitrogen and oxygen atoms in total. The van der Waals surface area contributed by atoms with Gasteiger partial charge in [0.05, 0.1) is 6.54 Å². The van der Waals surface area contributed by atoms with Crippen LogP contribution in [0.2, 0.25) is 0 Å². The summed E-state index contributed by atoms with van der Waals surface area (Å²) in [6.45, 7) is 8.28. The molecule has 1 saturated carbocycles. The first kappa shape index (κ1) is 29.7. The topological polar surface area (TPSA) is 128 Å². The normalized spacial score (nSPS) is 23.9. The van der Waals surface area contributed by atoms with E-state index in [4.69, 9.17) is 11.6 Å². The quantitative estimate of drug-likeness (QED) is 0.310. The molecular weight excluding hydrogens is 507 g/mol. The second kappa shape index (κ2) is 10.8. The van der Waals surface area contributed by atoms with E-state index < -0.39 is 59.1 Å².